The fourth-order valence-corrected chi connectivity index (χ4v) is 2.42. The lowest BCUT2D eigenvalue weighted by Gasteiger charge is -2.19. The fraction of sp³-hybridized carbons (Fsp3) is 0.462. The number of nitrogens with two attached hydrogens (primary N) is 1. The summed E-state index contributed by atoms with van der Waals surface area (Å²) in [5.41, 5.74) is 6.62. The first kappa shape index (κ1) is 16.0. The number of hydrogen-bond acceptors (Lipinski definition) is 3. The highest BCUT2D eigenvalue weighted by molar-refractivity contribution is 8.03. The van der Waals surface area contributed by atoms with Gasteiger partial charge in [0.15, 0.2) is 0 Å². The number of thioether (sulfide) groups is 1. The highest BCUT2D eigenvalue weighted by Gasteiger charge is 2.26. The Hall–Kier alpha value is -1.00. The summed E-state index contributed by atoms with van der Waals surface area (Å²) in [4.78, 5) is 14.4. The Labute approximate surface area is 108 Å². The van der Waals surface area contributed by atoms with Gasteiger partial charge in [0.25, 0.3) is 0 Å². The van der Waals surface area contributed by atoms with Gasteiger partial charge in [0.2, 0.25) is 5.91 Å². The summed E-state index contributed by atoms with van der Waals surface area (Å²) in [5, 5.41) is 0. The molecule has 17 heavy (non-hydrogen) atoms. The molecule has 0 radical (unpaired) electrons. The molecule has 1 heterocycles. The Morgan fingerprint density at radius 1 is 1.53 bits per heavy atom. The molecule has 0 bridgehead atoms. The van der Waals surface area contributed by atoms with Crippen LogP contribution in [-0.2, 0) is 4.79 Å². The van der Waals surface area contributed by atoms with E-state index in [-0.39, 0.29) is 5.91 Å². The van der Waals surface area contributed by atoms with Gasteiger partial charge in [-0.05, 0) is 13.0 Å². The second-order valence-corrected chi connectivity index (χ2v) is 4.32. The van der Waals surface area contributed by atoms with E-state index in [1.807, 2.05) is 32.9 Å². The number of allylic oxidation sites excluding steroid dienone is 3. The van der Waals surface area contributed by atoms with Gasteiger partial charge in [-0.15, -0.1) is 11.8 Å². The number of hydrogen-bond donors (Lipinski definition) is 1. The summed E-state index contributed by atoms with van der Waals surface area (Å²) in [6.07, 6.45) is 5.50. The van der Waals surface area contributed by atoms with Crippen LogP contribution in [0.3, 0.4) is 0 Å². The molecule has 1 aliphatic heterocycles. The van der Waals surface area contributed by atoms with Crippen LogP contribution in [-0.4, -0.2) is 29.6 Å². The number of carbonyl (C=O) groups is 1. The van der Waals surface area contributed by atoms with E-state index in [0.29, 0.717) is 5.75 Å². The Balaban J connectivity index is 0.00000121. The summed E-state index contributed by atoms with van der Waals surface area (Å²) in [6, 6.07) is -0.425. The Morgan fingerprint density at radius 2 is 2.12 bits per heavy atom. The van der Waals surface area contributed by atoms with Crippen molar-refractivity contribution in [2.45, 2.75) is 26.8 Å². The first-order valence-corrected chi connectivity index (χ1v) is 6.75. The minimum atomic E-state index is -0.425. The molecular formula is C13H22N2OS. The van der Waals surface area contributed by atoms with Crippen molar-refractivity contribution >= 4 is 17.7 Å². The van der Waals surface area contributed by atoms with Gasteiger partial charge >= 0.3 is 0 Å². The molecule has 0 aromatic rings. The summed E-state index contributed by atoms with van der Waals surface area (Å²) in [6.45, 7) is 9.60. The maximum Gasteiger partial charge on any atom is 0.244 e. The third-order valence-electron chi connectivity index (χ3n) is 2.22. The highest BCUT2D eigenvalue weighted by Crippen LogP contribution is 2.30. The van der Waals surface area contributed by atoms with Crippen molar-refractivity contribution in [3.63, 3.8) is 0 Å². The van der Waals surface area contributed by atoms with Crippen LogP contribution >= 0.6 is 11.8 Å². The molecule has 1 aliphatic rings. The van der Waals surface area contributed by atoms with Crippen molar-refractivity contribution in [1.29, 1.82) is 0 Å². The molecular weight excluding hydrogens is 232 g/mol. The van der Waals surface area contributed by atoms with Crippen LogP contribution in [0.1, 0.15) is 20.8 Å². The largest absolute Gasteiger partial charge is 0.319 e. The van der Waals surface area contributed by atoms with E-state index >= 15 is 0 Å². The van der Waals surface area contributed by atoms with Gasteiger partial charge in [-0.2, -0.15) is 0 Å². The Kier molecular flexibility index (Phi) is 7.66. The lowest BCUT2D eigenvalue weighted by molar-refractivity contribution is -0.128. The summed E-state index contributed by atoms with van der Waals surface area (Å²) < 4.78 is 0. The van der Waals surface area contributed by atoms with Crippen LogP contribution in [0.25, 0.3) is 0 Å². The van der Waals surface area contributed by atoms with Gasteiger partial charge in [0.1, 0.15) is 0 Å². The molecule has 2 N–H and O–H groups in total. The quantitative estimate of drug-likeness (QED) is 0.782. The van der Waals surface area contributed by atoms with E-state index in [1.54, 1.807) is 29.8 Å². The van der Waals surface area contributed by atoms with E-state index in [2.05, 4.69) is 6.58 Å². The van der Waals surface area contributed by atoms with Crippen LogP contribution < -0.4 is 5.73 Å². The van der Waals surface area contributed by atoms with E-state index in [9.17, 15) is 4.79 Å². The Bertz CT molecular complexity index is 334. The SMILES string of the molecule is C=C/C=C1\C(=C/C)SC[C@H](N)C(=O)N1C.CC. The van der Waals surface area contributed by atoms with Crippen LogP contribution in [0.5, 0.6) is 0 Å². The second kappa shape index (κ2) is 8.14. The first-order valence-electron chi connectivity index (χ1n) is 5.77. The molecule has 1 atom stereocenters. The van der Waals surface area contributed by atoms with Crippen molar-refractivity contribution in [3.05, 3.63) is 35.4 Å². The van der Waals surface area contributed by atoms with Gasteiger partial charge in [0, 0.05) is 17.7 Å². The topological polar surface area (TPSA) is 46.3 Å². The van der Waals surface area contributed by atoms with Crippen LogP contribution in [0.2, 0.25) is 0 Å². The molecule has 0 aromatic carbocycles. The average Bonchev–Trinajstić information content (AvgIpc) is 2.46. The zero-order valence-electron chi connectivity index (χ0n) is 11.1. The summed E-state index contributed by atoms with van der Waals surface area (Å²) in [5.74, 6) is 0.574. The second-order valence-electron chi connectivity index (χ2n) is 3.26. The number of rotatable bonds is 1. The highest BCUT2D eigenvalue weighted by atomic mass is 32.2. The molecule has 1 fully saturated rings. The summed E-state index contributed by atoms with van der Waals surface area (Å²) in [7, 11) is 1.74. The normalized spacial score (nSPS) is 25.4. The zero-order chi connectivity index (χ0) is 13.4. The van der Waals surface area contributed by atoms with Gasteiger partial charge in [0.05, 0.1) is 11.7 Å². The lowest BCUT2D eigenvalue weighted by atomic mass is 10.2. The van der Waals surface area contributed by atoms with Crippen molar-refractivity contribution in [3.8, 4) is 0 Å². The first-order chi connectivity index (χ1) is 8.11. The predicted molar refractivity (Wildman–Crippen MR) is 76.6 cm³/mol. The van der Waals surface area contributed by atoms with E-state index < -0.39 is 6.04 Å². The molecule has 0 saturated carbocycles. The third-order valence-corrected chi connectivity index (χ3v) is 3.50. The number of likely N-dealkylation sites (N-methyl/N-ethyl adjacent to an activating group) is 1. The van der Waals surface area contributed by atoms with Crippen molar-refractivity contribution < 1.29 is 4.79 Å². The number of amides is 1. The molecule has 1 amide bonds. The van der Waals surface area contributed by atoms with Crippen molar-refractivity contribution in [1.82, 2.24) is 4.90 Å². The molecule has 1 saturated heterocycles. The maximum atomic E-state index is 11.8. The molecule has 96 valence electrons. The minimum Gasteiger partial charge on any atom is -0.319 e. The molecule has 3 nitrogen and oxygen atoms in total. The van der Waals surface area contributed by atoms with Gasteiger partial charge in [-0.25, -0.2) is 0 Å². The summed E-state index contributed by atoms with van der Waals surface area (Å²) >= 11 is 1.61. The number of carbonyl (C=O) groups excluding carboxylic acids is 1. The van der Waals surface area contributed by atoms with Crippen LogP contribution in [0.15, 0.2) is 35.4 Å². The molecule has 1 rings (SSSR count). The van der Waals surface area contributed by atoms with E-state index in [4.69, 9.17) is 5.73 Å². The van der Waals surface area contributed by atoms with E-state index in [0.717, 1.165) is 10.6 Å². The molecule has 0 aromatic heterocycles. The smallest absolute Gasteiger partial charge is 0.244 e. The lowest BCUT2D eigenvalue weighted by Crippen LogP contribution is -2.41. The Morgan fingerprint density at radius 3 is 2.59 bits per heavy atom. The van der Waals surface area contributed by atoms with Gasteiger partial charge in [-0.3, -0.25) is 4.79 Å². The minimum absolute atomic E-state index is 0.0487. The van der Waals surface area contributed by atoms with Crippen LogP contribution in [0, 0.1) is 0 Å². The fourth-order valence-electron chi connectivity index (χ4n) is 1.39. The number of nitrogens with zero attached hydrogens (tertiary/aromatic N) is 1. The van der Waals surface area contributed by atoms with E-state index in [1.165, 1.54) is 0 Å². The molecule has 0 unspecified atom stereocenters. The molecule has 0 spiro atoms. The average molecular weight is 254 g/mol. The zero-order valence-corrected chi connectivity index (χ0v) is 11.9. The van der Waals surface area contributed by atoms with Crippen LogP contribution in [0.4, 0.5) is 0 Å². The van der Waals surface area contributed by atoms with Crippen molar-refractivity contribution in [2.24, 2.45) is 5.73 Å². The third kappa shape index (κ3) is 4.06. The van der Waals surface area contributed by atoms with Gasteiger partial charge in [-0.1, -0.05) is 32.6 Å². The van der Waals surface area contributed by atoms with Gasteiger partial charge < -0.3 is 10.6 Å². The van der Waals surface area contributed by atoms with Crippen molar-refractivity contribution in [2.75, 3.05) is 12.8 Å². The standard InChI is InChI=1S/C11H16N2OS.C2H6/c1-4-6-9-10(5-2)15-7-8(12)11(14)13(9)3;1-2/h4-6,8H,1,7,12H2,2-3H3;1-2H3/b9-6+,10-5+;/t8-;/m0./s1. The monoisotopic (exact) mass is 254 g/mol. The molecule has 0 aliphatic carbocycles. The molecule has 4 heteroatoms. The maximum absolute atomic E-state index is 11.8. The predicted octanol–water partition coefficient (Wildman–Crippen LogP) is 2.52.